The van der Waals surface area contributed by atoms with Gasteiger partial charge in [0, 0.05) is 0 Å². The molecule has 1 aromatic carbocycles. The highest BCUT2D eigenvalue weighted by Crippen LogP contribution is 2.50. The van der Waals surface area contributed by atoms with Crippen LogP contribution in [-0.4, -0.2) is 30.5 Å². The second kappa shape index (κ2) is 7.52. The maximum atomic E-state index is 6.74. The van der Waals surface area contributed by atoms with Crippen LogP contribution in [-0.2, 0) is 4.43 Å². The van der Waals surface area contributed by atoms with Crippen molar-refractivity contribution in [3.63, 3.8) is 0 Å². The molecule has 0 saturated carbocycles. The fourth-order valence-corrected chi connectivity index (χ4v) is 6.79. The Morgan fingerprint density at radius 2 is 1.74 bits per heavy atom. The Labute approximate surface area is 151 Å². The van der Waals surface area contributed by atoms with Gasteiger partial charge in [0.15, 0.2) is 8.32 Å². The number of rotatable bonds is 5. The van der Waals surface area contributed by atoms with Crippen LogP contribution in [0, 0.1) is 0 Å². The summed E-state index contributed by atoms with van der Waals surface area (Å²) in [5.74, 6) is 2.35. The average molecular weight is 370 g/mol. The summed E-state index contributed by atoms with van der Waals surface area (Å²) in [6, 6.07) is 10.5. The maximum absolute atomic E-state index is 6.74. The molecule has 1 aliphatic heterocycles. The van der Waals surface area contributed by atoms with Crippen molar-refractivity contribution < 1.29 is 4.43 Å². The van der Waals surface area contributed by atoms with Crippen LogP contribution in [0.25, 0.3) is 0 Å². The van der Waals surface area contributed by atoms with E-state index in [1.54, 1.807) is 0 Å². The largest absolute Gasteiger partial charge is 0.414 e. The minimum Gasteiger partial charge on any atom is -0.414 e. The number of benzene rings is 1. The molecule has 0 bridgehead atoms. The lowest BCUT2D eigenvalue weighted by Gasteiger charge is -2.44. The van der Waals surface area contributed by atoms with Crippen LogP contribution in [0.2, 0.25) is 18.1 Å². The summed E-state index contributed by atoms with van der Waals surface area (Å²) in [7, 11) is -1.76. The van der Waals surface area contributed by atoms with E-state index < -0.39 is 8.32 Å². The summed E-state index contributed by atoms with van der Waals surface area (Å²) in [5, 5.41) is 0.231. The Balaban J connectivity index is 2.19. The molecule has 1 fully saturated rings. The predicted molar refractivity (Wildman–Crippen MR) is 109 cm³/mol. The van der Waals surface area contributed by atoms with Gasteiger partial charge in [0.2, 0.25) is 0 Å². The van der Waals surface area contributed by atoms with Crippen molar-refractivity contribution in [3.05, 3.63) is 35.9 Å². The zero-order valence-corrected chi connectivity index (χ0v) is 17.7. The summed E-state index contributed by atoms with van der Waals surface area (Å²) in [5.41, 5.74) is 7.95. The summed E-state index contributed by atoms with van der Waals surface area (Å²) in [6.07, 6.45) is 1.26. The first-order chi connectivity index (χ1) is 10.7. The second-order valence-corrected chi connectivity index (χ2v) is 15.7. The number of nitrogens with two attached hydrogens (primary N) is 1. The van der Waals surface area contributed by atoms with Crippen LogP contribution in [0.4, 0.5) is 0 Å². The standard InChI is InChI=1S/C18H31NOS2Si/c1-17(2,3)23(4,5)20-14-18(21-12-9-13-22-18)16(19)15-10-7-6-8-11-15/h6-8,10-11,16H,9,12-14,19H2,1-5H3/t16-/m0/s1. The summed E-state index contributed by atoms with van der Waals surface area (Å²) >= 11 is 4.00. The average Bonchev–Trinajstić information content (AvgIpc) is 2.53. The molecule has 0 unspecified atom stereocenters. The molecule has 0 spiro atoms. The van der Waals surface area contributed by atoms with E-state index in [0.29, 0.717) is 0 Å². The Kier molecular flexibility index (Phi) is 6.34. The van der Waals surface area contributed by atoms with Crippen LogP contribution in [0.3, 0.4) is 0 Å². The second-order valence-electron chi connectivity index (χ2n) is 7.80. The molecule has 0 aliphatic carbocycles. The van der Waals surface area contributed by atoms with E-state index in [1.807, 2.05) is 23.5 Å². The molecular weight excluding hydrogens is 338 g/mol. The van der Waals surface area contributed by atoms with Crippen molar-refractivity contribution in [2.75, 3.05) is 18.1 Å². The minimum atomic E-state index is -1.76. The van der Waals surface area contributed by atoms with Gasteiger partial charge in [0.1, 0.15) is 4.08 Å². The lowest BCUT2D eigenvalue weighted by Crippen LogP contribution is -2.48. The fraction of sp³-hybridized carbons (Fsp3) is 0.667. The molecule has 5 heteroatoms. The molecule has 0 amide bonds. The van der Waals surface area contributed by atoms with E-state index in [2.05, 4.69) is 64.2 Å². The molecule has 2 N–H and O–H groups in total. The van der Waals surface area contributed by atoms with E-state index in [9.17, 15) is 0 Å². The van der Waals surface area contributed by atoms with Crippen molar-refractivity contribution in [2.45, 2.75) is 55.4 Å². The molecule has 1 aliphatic rings. The van der Waals surface area contributed by atoms with Crippen molar-refractivity contribution in [3.8, 4) is 0 Å². The third-order valence-corrected chi connectivity index (χ3v) is 12.9. The first kappa shape index (κ1) is 19.4. The fourth-order valence-electron chi connectivity index (χ4n) is 2.35. The zero-order chi connectivity index (χ0) is 17.1. The van der Waals surface area contributed by atoms with E-state index in [4.69, 9.17) is 10.2 Å². The van der Waals surface area contributed by atoms with Gasteiger partial charge in [0.25, 0.3) is 0 Å². The normalized spacial score (nSPS) is 20.3. The van der Waals surface area contributed by atoms with Gasteiger partial charge in [-0.05, 0) is 41.6 Å². The molecule has 130 valence electrons. The topological polar surface area (TPSA) is 35.2 Å². The molecular formula is C18H31NOS2Si. The van der Waals surface area contributed by atoms with E-state index in [1.165, 1.54) is 23.5 Å². The zero-order valence-electron chi connectivity index (χ0n) is 15.1. The Bertz CT molecular complexity index is 495. The van der Waals surface area contributed by atoms with Gasteiger partial charge < -0.3 is 10.2 Å². The smallest absolute Gasteiger partial charge is 0.192 e. The van der Waals surface area contributed by atoms with Crippen LogP contribution in [0.15, 0.2) is 30.3 Å². The first-order valence-corrected chi connectivity index (χ1v) is 13.3. The monoisotopic (exact) mass is 369 g/mol. The van der Waals surface area contributed by atoms with Gasteiger partial charge in [-0.2, -0.15) is 0 Å². The van der Waals surface area contributed by atoms with E-state index in [0.717, 1.165) is 6.61 Å². The molecule has 23 heavy (non-hydrogen) atoms. The highest BCUT2D eigenvalue weighted by atomic mass is 32.2. The summed E-state index contributed by atoms with van der Waals surface area (Å²) in [6.45, 7) is 12.3. The van der Waals surface area contributed by atoms with Gasteiger partial charge >= 0.3 is 0 Å². The summed E-state index contributed by atoms with van der Waals surface area (Å²) in [4.78, 5) is 0. The lowest BCUT2D eigenvalue weighted by molar-refractivity contribution is 0.267. The van der Waals surface area contributed by atoms with Crippen LogP contribution >= 0.6 is 23.5 Å². The molecule has 0 radical (unpaired) electrons. The van der Waals surface area contributed by atoms with Crippen LogP contribution in [0.5, 0.6) is 0 Å². The van der Waals surface area contributed by atoms with Crippen molar-refractivity contribution in [1.82, 2.24) is 0 Å². The SMILES string of the molecule is CC(C)(C)[Si](C)(C)OCC1([C@@H](N)c2ccccc2)SCCCS1. The molecule has 1 aromatic rings. The molecule has 2 rings (SSSR count). The third-order valence-electron chi connectivity index (χ3n) is 5.05. The number of hydrogen-bond acceptors (Lipinski definition) is 4. The Morgan fingerprint density at radius 3 is 2.26 bits per heavy atom. The highest BCUT2D eigenvalue weighted by molar-refractivity contribution is 8.18. The molecule has 0 aromatic heterocycles. The van der Waals surface area contributed by atoms with E-state index >= 15 is 0 Å². The van der Waals surface area contributed by atoms with Crippen LogP contribution in [0.1, 0.15) is 38.8 Å². The molecule has 1 atom stereocenters. The Morgan fingerprint density at radius 1 is 1.17 bits per heavy atom. The number of thioether (sulfide) groups is 2. The lowest BCUT2D eigenvalue weighted by atomic mass is 10.0. The highest BCUT2D eigenvalue weighted by Gasteiger charge is 2.45. The van der Waals surface area contributed by atoms with Gasteiger partial charge in [-0.3, -0.25) is 0 Å². The van der Waals surface area contributed by atoms with Crippen LogP contribution < -0.4 is 5.73 Å². The van der Waals surface area contributed by atoms with Crippen molar-refractivity contribution in [2.24, 2.45) is 5.73 Å². The third kappa shape index (κ3) is 4.57. The molecule has 2 nitrogen and oxygen atoms in total. The summed E-state index contributed by atoms with van der Waals surface area (Å²) < 4.78 is 6.54. The Hall–Kier alpha value is 0.0569. The van der Waals surface area contributed by atoms with Crippen molar-refractivity contribution >= 4 is 31.8 Å². The minimum absolute atomic E-state index is 0.00349. The maximum Gasteiger partial charge on any atom is 0.192 e. The van der Waals surface area contributed by atoms with Gasteiger partial charge in [-0.1, -0.05) is 51.1 Å². The number of hydrogen-bond donors (Lipinski definition) is 1. The first-order valence-electron chi connectivity index (χ1n) is 8.40. The van der Waals surface area contributed by atoms with E-state index in [-0.39, 0.29) is 15.2 Å². The molecule has 1 saturated heterocycles. The molecule has 1 heterocycles. The van der Waals surface area contributed by atoms with Gasteiger partial charge in [-0.15, -0.1) is 23.5 Å². The quantitative estimate of drug-likeness (QED) is 0.717. The van der Waals surface area contributed by atoms with Gasteiger partial charge in [-0.25, -0.2) is 0 Å². The van der Waals surface area contributed by atoms with Crippen molar-refractivity contribution in [1.29, 1.82) is 0 Å². The van der Waals surface area contributed by atoms with Gasteiger partial charge in [0.05, 0.1) is 12.6 Å². The predicted octanol–water partition coefficient (Wildman–Crippen LogP) is 5.27.